The van der Waals surface area contributed by atoms with Crippen LogP contribution in [0.2, 0.25) is 0 Å². The van der Waals surface area contributed by atoms with Crippen molar-refractivity contribution in [2.45, 2.75) is 66.2 Å². The molecule has 0 fully saturated rings. The molecule has 15 heavy (non-hydrogen) atoms. The molecule has 88 valence electrons. The van der Waals surface area contributed by atoms with E-state index < -0.39 is 0 Å². The van der Waals surface area contributed by atoms with E-state index in [0.29, 0.717) is 11.7 Å². The molecule has 0 saturated carbocycles. The van der Waals surface area contributed by atoms with Crippen molar-refractivity contribution in [2.24, 2.45) is 5.92 Å². The van der Waals surface area contributed by atoms with Crippen molar-refractivity contribution < 1.29 is 4.79 Å². The Morgan fingerprint density at radius 1 is 1.27 bits per heavy atom. The third-order valence-electron chi connectivity index (χ3n) is 3.10. The first-order chi connectivity index (χ1) is 7.19. The summed E-state index contributed by atoms with van der Waals surface area (Å²) in [6.45, 7) is 8.41. The standard InChI is InChI=1S/C14H26O/c1-5-9-10-12(6-2)11-14(15)13(7-3)8-4/h7,12H,5-6,8-11H2,1-4H3. The fraction of sp³-hybridized carbons (Fsp3) is 0.786. The number of ketones is 1. The molecular formula is C14H26O. The smallest absolute Gasteiger partial charge is 0.158 e. The molecule has 0 aromatic heterocycles. The van der Waals surface area contributed by atoms with Crippen LogP contribution >= 0.6 is 0 Å². The lowest BCUT2D eigenvalue weighted by Gasteiger charge is -2.14. The zero-order valence-electron chi connectivity index (χ0n) is 10.8. The number of rotatable bonds is 8. The summed E-state index contributed by atoms with van der Waals surface area (Å²) in [5, 5.41) is 0. The number of allylic oxidation sites excluding steroid dienone is 2. The lowest BCUT2D eigenvalue weighted by Crippen LogP contribution is -2.10. The van der Waals surface area contributed by atoms with Crippen LogP contribution in [-0.2, 0) is 4.79 Å². The van der Waals surface area contributed by atoms with Gasteiger partial charge >= 0.3 is 0 Å². The molecule has 0 aliphatic rings. The number of hydrogen-bond donors (Lipinski definition) is 0. The van der Waals surface area contributed by atoms with E-state index in [1.807, 2.05) is 13.0 Å². The van der Waals surface area contributed by atoms with Crippen LogP contribution in [0.3, 0.4) is 0 Å². The summed E-state index contributed by atoms with van der Waals surface area (Å²) in [5.74, 6) is 0.960. The van der Waals surface area contributed by atoms with Crippen LogP contribution in [0.15, 0.2) is 11.6 Å². The average Bonchev–Trinajstić information content (AvgIpc) is 2.25. The summed E-state index contributed by atoms with van der Waals surface area (Å²) in [7, 11) is 0. The predicted octanol–water partition coefficient (Wildman–Crippen LogP) is 4.52. The first-order valence-electron chi connectivity index (χ1n) is 6.37. The van der Waals surface area contributed by atoms with Gasteiger partial charge in [0, 0.05) is 6.42 Å². The lowest BCUT2D eigenvalue weighted by molar-refractivity contribution is -0.116. The highest BCUT2D eigenvalue weighted by Gasteiger charge is 2.13. The summed E-state index contributed by atoms with van der Waals surface area (Å²) in [5.41, 5.74) is 1.00. The molecule has 0 amide bonds. The number of carbonyl (C=O) groups is 1. The normalized spacial score (nSPS) is 14.0. The minimum atomic E-state index is 0.364. The van der Waals surface area contributed by atoms with Crippen LogP contribution < -0.4 is 0 Å². The topological polar surface area (TPSA) is 17.1 Å². The highest BCUT2D eigenvalue weighted by atomic mass is 16.1. The van der Waals surface area contributed by atoms with Gasteiger partial charge in [0.2, 0.25) is 0 Å². The Bertz CT molecular complexity index is 203. The quantitative estimate of drug-likeness (QED) is 0.538. The minimum absolute atomic E-state index is 0.364. The SMILES string of the molecule is CC=C(CC)C(=O)CC(CC)CCCC. The van der Waals surface area contributed by atoms with Crippen molar-refractivity contribution in [3.8, 4) is 0 Å². The molecule has 0 radical (unpaired) electrons. The van der Waals surface area contributed by atoms with Crippen LogP contribution in [0.1, 0.15) is 66.2 Å². The van der Waals surface area contributed by atoms with Crippen molar-refractivity contribution in [1.29, 1.82) is 0 Å². The van der Waals surface area contributed by atoms with Crippen LogP contribution in [-0.4, -0.2) is 5.78 Å². The van der Waals surface area contributed by atoms with Gasteiger partial charge in [-0.1, -0.05) is 52.5 Å². The van der Waals surface area contributed by atoms with Gasteiger partial charge in [0.15, 0.2) is 5.78 Å². The monoisotopic (exact) mass is 210 g/mol. The highest BCUT2D eigenvalue weighted by Crippen LogP contribution is 2.19. The van der Waals surface area contributed by atoms with Gasteiger partial charge in [0.25, 0.3) is 0 Å². The zero-order chi connectivity index (χ0) is 11.7. The molecule has 1 atom stereocenters. The number of unbranched alkanes of at least 4 members (excludes halogenated alkanes) is 1. The Kier molecular flexibility index (Phi) is 8.35. The largest absolute Gasteiger partial charge is 0.295 e. The summed E-state index contributed by atoms with van der Waals surface area (Å²) < 4.78 is 0. The number of carbonyl (C=O) groups excluding carboxylic acids is 1. The second kappa shape index (κ2) is 8.70. The van der Waals surface area contributed by atoms with E-state index in [2.05, 4.69) is 20.8 Å². The van der Waals surface area contributed by atoms with Crippen molar-refractivity contribution in [1.82, 2.24) is 0 Å². The fourth-order valence-corrected chi connectivity index (χ4v) is 1.90. The summed E-state index contributed by atoms with van der Waals surface area (Å²) in [6, 6.07) is 0. The van der Waals surface area contributed by atoms with Crippen LogP contribution in [0.5, 0.6) is 0 Å². The van der Waals surface area contributed by atoms with Crippen LogP contribution in [0, 0.1) is 5.92 Å². The van der Waals surface area contributed by atoms with Gasteiger partial charge in [-0.25, -0.2) is 0 Å². The fourth-order valence-electron chi connectivity index (χ4n) is 1.90. The van der Waals surface area contributed by atoms with Crippen molar-refractivity contribution in [3.05, 3.63) is 11.6 Å². The van der Waals surface area contributed by atoms with E-state index in [4.69, 9.17) is 0 Å². The van der Waals surface area contributed by atoms with Gasteiger partial charge in [-0.3, -0.25) is 4.79 Å². The molecule has 0 heterocycles. The van der Waals surface area contributed by atoms with Crippen molar-refractivity contribution >= 4 is 5.78 Å². The van der Waals surface area contributed by atoms with Gasteiger partial charge in [-0.2, -0.15) is 0 Å². The highest BCUT2D eigenvalue weighted by molar-refractivity contribution is 5.95. The average molecular weight is 210 g/mol. The van der Waals surface area contributed by atoms with Gasteiger partial charge in [-0.15, -0.1) is 0 Å². The van der Waals surface area contributed by atoms with E-state index in [1.165, 1.54) is 19.3 Å². The Morgan fingerprint density at radius 2 is 1.93 bits per heavy atom. The molecule has 0 rings (SSSR count). The molecule has 0 saturated heterocycles. The maximum atomic E-state index is 11.9. The second-order valence-corrected chi connectivity index (χ2v) is 4.21. The van der Waals surface area contributed by atoms with Gasteiger partial charge < -0.3 is 0 Å². The minimum Gasteiger partial charge on any atom is -0.295 e. The predicted molar refractivity (Wildman–Crippen MR) is 67.0 cm³/mol. The Hall–Kier alpha value is -0.590. The van der Waals surface area contributed by atoms with E-state index in [-0.39, 0.29) is 0 Å². The summed E-state index contributed by atoms with van der Waals surface area (Å²) in [6.07, 6.45) is 8.42. The molecule has 0 bridgehead atoms. The molecule has 1 unspecified atom stereocenters. The maximum Gasteiger partial charge on any atom is 0.158 e. The maximum absolute atomic E-state index is 11.9. The molecule has 0 aromatic carbocycles. The molecule has 0 aliphatic carbocycles. The van der Waals surface area contributed by atoms with Crippen LogP contribution in [0.4, 0.5) is 0 Å². The first kappa shape index (κ1) is 14.4. The molecule has 1 nitrogen and oxygen atoms in total. The van der Waals surface area contributed by atoms with Crippen molar-refractivity contribution in [3.63, 3.8) is 0 Å². The first-order valence-corrected chi connectivity index (χ1v) is 6.37. The summed E-state index contributed by atoms with van der Waals surface area (Å²) >= 11 is 0. The molecule has 0 N–H and O–H groups in total. The Balaban J connectivity index is 4.11. The van der Waals surface area contributed by atoms with Crippen LogP contribution in [0.25, 0.3) is 0 Å². The summed E-state index contributed by atoms with van der Waals surface area (Å²) in [4.78, 5) is 11.9. The van der Waals surface area contributed by atoms with E-state index in [1.54, 1.807) is 0 Å². The van der Waals surface area contributed by atoms with E-state index in [9.17, 15) is 4.79 Å². The molecular weight excluding hydrogens is 184 g/mol. The van der Waals surface area contributed by atoms with Gasteiger partial charge in [0.05, 0.1) is 0 Å². The lowest BCUT2D eigenvalue weighted by atomic mass is 9.91. The number of Topliss-reactive ketones (excluding diaryl/α,β-unsaturated/α-hetero) is 1. The van der Waals surface area contributed by atoms with E-state index >= 15 is 0 Å². The second-order valence-electron chi connectivity index (χ2n) is 4.21. The zero-order valence-corrected chi connectivity index (χ0v) is 10.8. The third kappa shape index (κ3) is 5.76. The van der Waals surface area contributed by atoms with Gasteiger partial charge in [-0.05, 0) is 24.8 Å². The van der Waals surface area contributed by atoms with Gasteiger partial charge in [0.1, 0.15) is 0 Å². The Labute approximate surface area is 95.0 Å². The molecule has 1 heteroatoms. The molecule has 0 aromatic rings. The third-order valence-corrected chi connectivity index (χ3v) is 3.10. The number of hydrogen-bond acceptors (Lipinski definition) is 1. The Morgan fingerprint density at radius 3 is 2.33 bits per heavy atom. The molecule has 0 spiro atoms. The van der Waals surface area contributed by atoms with Crippen molar-refractivity contribution in [2.75, 3.05) is 0 Å². The van der Waals surface area contributed by atoms with E-state index in [0.717, 1.165) is 24.8 Å². The molecule has 0 aliphatic heterocycles.